The number of benzene rings is 2. The molecule has 1 fully saturated rings. The number of urea groups is 1. The lowest BCUT2D eigenvalue weighted by molar-refractivity contribution is 0.190. The molecule has 0 radical (unpaired) electrons. The number of hydrogen-bond donors (Lipinski definition) is 1. The largest absolute Gasteiger partial charge is 0.351 e. The van der Waals surface area contributed by atoms with Crippen LogP contribution in [0, 0.1) is 0 Å². The summed E-state index contributed by atoms with van der Waals surface area (Å²) in [6, 6.07) is 16.1. The number of likely N-dealkylation sites (tertiary alicyclic amines) is 1. The molecule has 0 aromatic heterocycles. The molecular weight excluding hydrogens is 328 g/mol. The predicted octanol–water partition coefficient (Wildman–Crippen LogP) is 4.75. The molecule has 1 aliphatic heterocycles. The number of nitrogens with two attached hydrogens (primary N) is 1. The molecule has 1 heterocycles. The molecule has 3 rings (SSSR count). The Morgan fingerprint density at radius 1 is 1.09 bits per heavy atom. The fourth-order valence-electron chi connectivity index (χ4n) is 2.95. The van der Waals surface area contributed by atoms with Gasteiger partial charge in [0.05, 0.1) is 0 Å². The summed E-state index contributed by atoms with van der Waals surface area (Å²) >= 11 is 7.72. The highest BCUT2D eigenvalue weighted by Crippen LogP contribution is 2.38. The van der Waals surface area contributed by atoms with Gasteiger partial charge < -0.3 is 10.6 Å². The van der Waals surface area contributed by atoms with Crippen molar-refractivity contribution in [1.29, 1.82) is 0 Å². The van der Waals surface area contributed by atoms with Crippen LogP contribution >= 0.6 is 23.4 Å². The van der Waals surface area contributed by atoms with E-state index in [1.807, 2.05) is 24.3 Å². The van der Waals surface area contributed by atoms with Gasteiger partial charge in [0.15, 0.2) is 0 Å². The molecule has 23 heavy (non-hydrogen) atoms. The van der Waals surface area contributed by atoms with Crippen molar-refractivity contribution in [2.24, 2.45) is 5.73 Å². The van der Waals surface area contributed by atoms with E-state index in [-0.39, 0.29) is 6.03 Å². The number of carbonyl (C=O) groups excluding carboxylic acids is 1. The molecule has 2 N–H and O–H groups in total. The molecule has 0 aliphatic carbocycles. The summed E-state index contributed by atoms with van der Waals surface area (Å²) in [5, 5.41) is 0.751. The lowest BCUT2D eigenvalue weighted by atomic mass is 9.89. The maximum absolute atomic E-state index is 11.3. The summed E-state index contributed by atoms with van der Waals surface area (Å²) in [4.78, 5) is 15.4. The standard InChI is InChI=1S/C18H19ClN2OS/c19-14-5-7-15(8-6-14)23-17-4-2-1-3-16(17)13-9-11-21(12-10-13)18(20)22/h1-8,13H,9-12H2,(H2,20,22). The van der Waals surface area contributed by atoms with Crippen LogP contribution in [0.25, 0.3) is 0 Å². The van der Waals surface area contributed by atoms with Crippen LogP contribution in [0.1, 0.15) is 24.3 Å². The van der Waals surface area contributed by atoms with Gasteiger partial charge in [-0.3, -0.25) is 0 Å². The molecular formula is C18H19ClN2OS. The second kappa shape index (κ2) is 7.28. The van der Waals surface area contributed by atoms with E-state index in [9.17, 15) is 4.79 Å². The summed E-state index contributed by atoms with van der Waals surface area (Å²) in [6.45, 7) is 1.47. The van der Waals surface area contributed by atoms with Gasteiger partial charge in [-0.25, -0.2) is 4.79 Å². The average molecular weight is 347 g/mol. The number of amides is 2. The molecule has 0 atom stereocenters. The van der Waals surface area contributed by atoms with Gasteiger partial charge in [0.1, 0.15) is 0 Å². The zero-order valence-corrected chi connectivity index (χ0v) is 14.3. The smallest absolute Gasteiger partial charge is 0.314 e. The number of carbonyl (C=O) groups is 1. The van der Waals surface area contributed by atoms with E-state index in [1.54, 1.807) is 16.7 Å². The zero-order chi connectivity index (χ0) is 16.2. The Kier molecular flexibility index (Phi) is 5.13. The van der Waals surface area contributed by atoms with E-state index in [4.69, 9.17) is 17.3 Å². The second-order valence-corrected chi connectivity index (χ2v) is 7.25. The van der Waals surface area contributed by atoms with Crippen LogP contribution in [0.5, 0.6) is 0 Å². The molecule has 0 bridgehead atoms. The van der Waals surface area contributed by atoms with Crippen molar-refractivity contribution in [3.63, 3.8) is 0 Å². The maximum atomic E-state index is 11.3. The Bertz CT molecular complexity index is 682. The monoisotopic (exact) mass is 346 g/mol. The summed E-state index contributed by atoms with van der Waals surface area (Å²) in [6.07, 6.45) is 1.92. The molecule has 5 heteroatoms. The van der Waals surface area contributed by atoms with E-state index in [0.717, 1.165) is 31.0 Å². The molecule has 0 saturated carbocycles. The first-order chi connectivity index (χ1) is 11.1. The van der Waals surface area contributed by atoms with Gasteiger partial charge in [0.25, 0.3) is 0 Å². The van der Waals surface area contributed by atoms with Crippen molar-refractivity contribution >= 4 is 29.4 Å². The fraction of sp³-hybridized carbons (Fsp3) is 0.278. The first-order valence-electron chi connectivity index (χ1n) is 7.70. The third kappa shape index (κ3) is 4.01. The van der Waals surface area contributed by atoms with E-state index >= 15 is 0 Å². The van der Waals surface area contributed by atoms with Crippen molar-refractivity contribution in [2.75, 3.05) is 13.1 Å². The van der Waals surface area contributed by atoms with Crippen LogP contribution < -0.4 is 5.73 Å². The number of rotatable bonds is 3. The van der Waals surface area contributed by atoms with Gasteiger partial charge in [0, 0.05) is 27.9 Å². The normalized spacial score (nSPS) is 15.6. The van der Waals surface area contributed by atoms with Crippen molar-refractivity contribution in [3.8, 4) is 0 Å². The minimum atomic E-state index is -0.313. The van der Waals surface area contributed by atoms with Crippen LogP contribution in [0.3, 0.4) is 0 Å². The molecule has 0 spiro atoms. The van der Waals surface area contributed by atoms with E-state index in [1.165, 1.54) is 15.4 Å². The number of hydrogen-bond acceptors (Lipinski definition) is 2. The molecule has 0 unspecified atom stereocenters. The van der Waals surface area contributed by atoms with Gasteiger partial charge in [-0.1, -0.05) is 41.6 Å². The van der Waals surface area contributed by atoms with Crippen molar-refractivity contribution < 1.29 is 4.79 Å². The summed E-state index contributed by atoms with van der Waals surface area (Å²) in [5.41, 5.74) is 6.73. The van der Waals surface area contributed by atoms with Crippen molar-refractivity contribution in [2.45, 2.75) is 28.6 Å². The lowest BCUT2D eigenvalue weighted by Gasteiger charge is -2.31. The van der Waals surface area contributed by atoms with Crippen LogP contribution in [0.15, 0.2) is 58.3 Å². The lowest BCUT2D eigenvalue weighted by Crippen LogP contribution is -2.41. The molecule has 1 aliphatic rings. The van der Waals surface area contributed by atoms with E-state index in [0.29, 0.717) is 5.92 Å². The Balaban J connectivity index is 1.76. The highest BCUT2D eigenvalue weighted by atomic mass is 35.5. The Labute approximate surface area is 145 Å². The van der Waals surface area contributed by atoms with E-state index < -0.39 is 0 Å². The number of halogens is 1. The topological polar surface area (TPSA) is 46.3 Å². The van der Waals surface area contributed by atoms with Gasteiger partial charge in [-0.15, -0.1) is 0 Å². The number of nitrogens with zero attached hydrogens (tertiary/aromatic N) is 1. The molecule has 2 aromatic carbocycles. The predicted molar refractivity (Wildman–Crippen MR) is 95.1 cm³/mol. The third-order valence-electron chi connectivity index (χ3n) is 4.21. The minimum Gasteiger partial charge on any atom is -0.351 e. The zero-order valence-electron chi connectivity index (χ0n) is 12.7. The van der Waals surface area contributed by atoms with Crippen LogP contribution in [0.4, 0.5) is 4.79 Å². The average Bonchev–Trinajstić information content (AvgIpc) is 2.57. The van der Waals surface area contributed by atoms with Gasteiger partial charge >= 0.3 is 6.03 Å². The number of primary amides is 1. The highest BCUT2D eigenvalue weighted by Gasteiger charge is 2.24. The summed E-state index contributed by atoms with van der Waals surface area (Å²) < 4.78 is 0. The molecule has 1 saturated heterocycles. The summed E-state index contributed by atoms with van der Waals surface area (Å²) in [7, 11) is 0. The molecule has 2 aromatic rings. The summed E-state index contributed by atoms with van der Waals surface area (Å²) in [5.74, 6) is 0.474. The maximum Gasteiger partial charge on any atom is 0.314 e. The Hall–Kier alpha value is -1.65. The van der Waals surface area contributed by atoms with Crippen LogP contribution in [0.2, 0.25) is 5.02 Å². The SMILES string of the molecule is NC(=O)N1CCC(c2ccccc2Sc2ccc(Cl)cc2)CC1. The van der Waals surface area contributed by atoms with E-state index in [2.05, 4.69) is 24.3 Å². The quantitative estimate of drug-likeness (QED) is 0.871. The van der Waals surface area contributed by atoms with Crippen molar-refractivity contribution in [3.05, 3.63) is 59.1 Å². The molecule has 120 valence electrons. The molecule has 2 amide bonds. The minimum absolute atomic E-state index is 0.313. The van der Waals surface area contributed by atoms with Crippen molar-refractivity contribution in [1.82, 2.24) is 4.90 Å². The third-order valence-corrected chi connectivity index (χ3v) is 5.56. The van der Waals surface area contributed by atoms with Gasteiger partial charge in [0.2, 0.25) is 0 Å². The van der Waals surface area contributed by atoms with Crippen LogP contribution in [-0.4, -0.2) is 24.0 Å². The number of piperidine rings is 1. The first kappa shape index (κ1) is 16.2. The highest BCUT2D eigenvalue weighted by molar-refractivity contribution is 7.99. The first-order valence-corrected chi connectivity index (χ1v) is 8.89. The van der Waals surface area contributed by atoms with Gasteiger partial charge in [-0.05, 0) is 54.7 Å². The van der Waals surface area contributed by atoms with Gasteiger partial charge in [-0.2, -0.15) is 0 Å². The fourth-order valence-corrected chi connectivity index (χ4v) is 4.10. The Morgan fingerprint density at radius 2 is 1.74 bits per heavy atom. The Morgan fingerprint density at radius 3 is 2.39 bits per heavy atom. The van der Waals surface area contributed by atoms with Crippen LogP contribution in [-0.2, 0) is 0 Å². The molecule has 3 nitrogen and oxygen atoms in total. The second-order valence-electron chi connectivity index (χ2n) is 5.69.